The molecule has 0 saturated carbocycles. The van der Waals surface area contributed by atoms with Gasteiger partial charge in [-0.1, -0.05) is 13.8 Å². The average molecular weight is 457 g/mol. The SMILES string of the molecule is CCCN(CC)CCNC(=O)c1sc2ncnc(Nc3cccnc3OC(C)C)c2c1C. The van der Waals surface area contributed by atoms with Gasteiger partial charge in [-0.25, -0.2) is 15.0 Å². The lowest BCUT2D eigenvalue weighted by Crippen LogP contribution is -2.35. The van der Waals surface area contributed by atoms with Crippen LogP contribution in [0.1, 0.15) is 49.4 Å². The highest BCUT2D eigenvalue weighted by Gasteiger charge is 2.20. The van der Waals surface area contributed by atoms with Gasteiger partial charge in [0, 0.05) is 19.3 Å². The number of hydrogen-bond acceptors (Lipinski definition) is 8. The van der Waals surface area contributed by atoms with Gasteiger partial charge in [0.25, 0.3) is 5.91 Å². The number of carbonyl (C=O) groups excluding carboxylic acids is 1. The number of rotatable bonds is 11. The standard InChI is InChI=1S/C23H32N6O2S/c1-6-12-29(7-2)13-11-24-21(30)19-16(5)18-20(26-14-27-23(18)32-19)28-17-9-8-10-25-22(17)31-15(3)4/h8-10,14-15H,6-7,11-13H2,1-5H3,(H,24,30)(H,26,27,28). The first-order valence-electron chi connectivity index (χ1n) is 11.1. The Bertz CT molecular complexity index is 1050. The van der Waals surface area contributed by atoms with Gasteiger partial charge in [0.15, 0.2) is 0 Å². The third-order valence-corrected chi connectivity index (χ3v) is 6.20. The number of nitrogens with zero attached hydrogens (tertiary/aromatic N) is 4. The number of carbonyl (C=O) groups is 1. The number of ether oxygens (including phenoxy) is 1. The van der Waals surface area contributed by atoms with Crippen LogP contribution in [0.25, 0.3) is 10.2 Å². The molecule has 0 atom stereocenters. The first-order chi connectivity index (χ1) is 15.4. The van der Waals surface area contributed by atoms with E-state index in [0.717, 1.165) is 41.8 Å². The molecule has 32 heavy (non-hydrogen) atoms. The fraction of sp³-hybridized carbons (Fsp3) is 0.478. The number of anilines is 2. The summed E-state index contributed by atoms with van der Waals surface area (Å²) in [5.41, 5.74) is 1.58. The second-order valence-electron chi connectivity index (χ2n) is 7.80. The Kier molecular flexibility index (Phi) is 8.35. The molecular formula is C23H32N6O2S. The van der Waals surface area contributed by atoms with Crippen molar-refractivity contribution in [3.05, 3.63) is 35.1 Å². The molecule has 1 amide bonds. The maximum Gasteiger partial charge on any atom is 0.261 e. The zero-order valence-electron chi connectivity index (χ0n) is 19.4. The second kappa shape index (κ2) is 11.2. The van der Waals surface area contributed by atoms with Crippen molar-refractivity contribution in [1.29, 1.82) is 0 Å². The van der Waals surface area contributed by atoms with E-state index in [-0.39, 0.29) is 12.0 Å². The van der Waals surface area contributed by atoms with Gasteiger partial charge in [0.05, 0.1) is 16.4 Å². The van der Waals surface area contributed by atoms with Crippen molar-refractivity contribution in [1.82, 2.24) is 25.2 Å². The van der Waals surface area contributed by atoms with E-state index in [2.05, 4.69) is 44.3 Å². The van der Waals surface area contributed by atoms with E-state index in [0.29, 0.717) is 28.8 Å². The van der Waals surface area contributed by atoms with Crippen molar-refractivity contribution in [3.63, 3.8) is 0 Å². The smallest absolute Gasteiger partial charge is 0.261 e. The van der Waals surface area contributed by atoms with Gasteiger partial charge < -0.3 is 20.3 Å². The van der Waals surface area contributed by atoms with Crippen molar-refractivity contribution in [2.75, 3.05) is 31.5 Å². The van der Waals surface area contributed by atoms with Crippen molar-refractivity contribution in [2.24, 2.45) is 0 Å². The van der Waals surface area contributed by atoms with Crippen LogP contribution in [0.2, 0.25) is 0 Å². The summed E-state index contributed by atoms with van der Waals surface area (Å²) in [7, 11) is 0. The summed E-state index contributed by atoms with van der Waals surface area (Å²) >= 11 is 1.38. The van der Waals surface area contributed by atoms with Crippen molar-refractivity contribution in [3.8, 4) is 5.88 Å². The largest absolute Gasteiger partial charge is 0.473 e. The number of hydrogen-bond donors (Lipinski definition) is 2. The predicted octanol–water partition coefficient (Wildman–Crippen LogP) is 4.39. The second-order valence-corrected chi connectivity index (χ2v) is 8.80. The van der Waals surface area contributed by atoms with Crippen LogP contribution in [-0.4, -0.2) is 58.0 Å². The molecule has 172 valence electrons. The summed E-state index contributed by atoms with van der Waals surface area (Å²) in [6.45, 7) is 13.6. The van der Waals surface area contributed by atoms with Crippen LogP contribution in [-0.2, 0) is 0 Å². The third kappa shape index (κ3) is 5.72. The Balaban J connectivity index is 1.81. The van der Waals surface area contributed by atoms with Crippen LogP contribution in [0.5, 0.6) is 5.88 Å². The molecule has 0 aliphatic rings. The molecule has 0 radical (unpaired) electrons. The molecule has 0 fully saturated rings. The first-order valence-corrected chi connectivity index (χ1v) is 11.9. The van der Waals surface area contributed by atoms with Crippen LogP contribution < -0.4 is 15.4 Å². The van der Waals surface area contributed by atoms with Gasteiger partial charge in [-0.2, -0.15) is 0 Å². The average Bonchev–Trinajstić information content (AvgIpc) is 3.11. The van der Waals surface area contributed by atoms with Gasteiger partial charge in [-0.3, -0.25) is 4.79 Å². The van der Waals surface area contributed by atoms with Crippen LogP contribution >= 0.6 is 11.3 Å². The fourth-order valence-electron chi connectivity index (χ4n) is 3.47. The van der Waals surface area contributed by atoms with E-state index in [1.54, 1.807) is 6.20 Å². The first kappa shape index (κ1) is 23.9. The molecule has 0 aliphatic heterocycles. The van der Waals surface area contributed by atoms with Crippen LogP contribution in [0, 0.1) is 6.92 Å². The molecule has 2 N–H and O–H groups in total. The minimum atomic E-state index is -0.0748. The van der Waals surface area contributed by atoms with Crippen molar-refractivity contribution in [2.45, 2.75) is 47.1 Å². The lowest BCUT2D eigenvalue weighted by atomic mass is 10.2. The molecule has 3 aromatic heterocycles. The van der Waals surface area contributed by atoms with Crippen LogP contribution in [0.4, 0.5) is 11.5 Å². The van der Waals surface area contributed by atoms with E-state index in [9.17, 15) is 4.79 Å². The summed E-state index contributed by atoms with van der Waals surface area (Å²) < 4.78 is 5.81. The molecule has 8 nitrogen and oxygen atoms in total. The topological polar surface area (TPSA) is 92.3 Å². The Morgan fingerprint density at radius 2 is 2.03 bits per heavy atom. The van der Waals surface area contributed by atoms with Gasteiger partial charge in [-0.15, -0.1) is 11.3 Å². The van der Waals surface area contributed by atoms with E-state index in [1.807, 2.05) is 32.9 Å². The van der Waals surface area contributed by atoms with Gasteiger partial charge in [0.2, 0.25) is 5.88 Å². The monoisotopic (exact) mass is 456 g/mol. The Labute approximate surface area is 193 Å². The van der Waals surface area contributed by atoms with E-state index in [1.165, 1.54) is 17.7 Å². The highest BCUT2D eigenvalue weighted by molar-refractivity contribution is 7.20. The summed E-state index contributed by atoms with van der Waals surface area (Å²) in [5.74, 6) is 1.06. The normalized spacial score (nSPS) is 11.3. The van der Waals surface area contributed by atoms with E-state index < -0.39 is 0 Å². The Morgan fingerprint density at radius 3 is 2.75 bits per heavy atom. The minimum Gasteiger partial charge on any atom is -0.473 e. The number of likely N-dealkylation sites (N-methyl/N-ethyl adjacent to an activating group) is 1. The molecule has 0 unspecified atom stereocenters. The van der Waals surface area contributed by atoms with E-state index in [4.69, 9.17) is 4.74 Å². The number of fused-ring (bicyclic) bond motifs is 1. The maximum atomic E-state index is 12.9. The van der Waals surface area contributed by atoms with Crippen molar-refractivity contribution < 1.29 is 9.53 Å². The zero-order chi connectivity index (χ0) is 23.1. The molecule has 0 aliphatic carbocycles. The molecule has 0 spiro atoms. The van der Waals surface area contributed by atoms with Gasteiger partial charge in [0.1, 0.15) is 22.7 Å². The highest BCUT2D eigenvalue weighted by atomic mass is 32.1. The number of thiophene rings is 1. The lowest BCUT2D eigenvalue weighted by Gasteiger charge is -2.19. The molecule has 0 aromatic carbocycles. The van der Waals surface area contributed by atoms with Crippen molar-refractivity contribution >= 4 is 39.0 Å². The molecule has 3 aromatic rings. The van der Waals surface area contributed by atoms with Gasteiger partial charge in [-0.05, 0) is 58.0 Å². The number of aryl methyl sites for hydroxylation is 1. The fourth-order valence-corrected chi connectivity index (χ4v) is 4.53. The van der Waals surface area contributed by atoms with E-state index >= 15 is 0 Å². The minimum absolute atomic E-state index is 0.00462. The van der Waals surface area contributed by atoms with Gasteiger partial charge >= 0.3 is 0 Å². The lowest BCUT2D eigenvalue weighted by molar-refractivity contribution is 0.0952. The summed E-state index contributed by atoms with van der Waals surface area (Å²) in [6.07, 6.45) is 4.30. The zero-order valence-corrected chi connectivity index (χ0v) is 20.3. The summed E-state index contributed by atoms with van der Waals surface area (Å²) in [5, 5.41) is 7.21. The number of pyridine rings is 1. The molecule has 9 heteroatoms. The predicted molar refractivity (Wildman–Crippen MR) is 130 cm³/mol. The summed E-state index contributed by atoms with van der Waals surface area (Å²) in [6, 6.07) is 3.73. The number of aromatic nitrogens is 3. The quantitative estimate of drug-likeness (QED) is 0.442. The number of nitrogens with one attached hydrogen (secondary N) is 2. The molecular weight excluding hydrogens is 424 g/mol. The van der Waals surface area contributed by atoms with Crippen LogP contribution in [0.15, 0.2) is 24.7 Å². The molecule has 0 bridgehead atoms. The molecule has 0 saturated heterocycles. The molecule has 3 rings (SSSR count). The Hall–Kier alpha value is -2.78. The van der Waals surface area contributed by atoms with Crippen LogP contribution in [0.3, 0.4) is 0 Å². The third-order valence-electron chi connectivity index (χ3n) is 5.01. The molecule has 3 heterocycles. The Morgan fingerprint density at radius 1 is 1.22 bits per heavy atom. The highest BCUT2D eigenvalue weighted by Crippen LogP contribution is 2.35. The number of amides is 1. The maximum absolute atomic E-state index is 12.9. The summed E-state index contributed by atoms with van der Waals surface area (Å²) in [4.78, 5) is 29.8.